The highest BCUT2D eigenvalue weighted by molar-refractivity contribution is 7.84. The van der Waals surface area contributed by atoms with Crippen LogP contribution in [0.25, 0.3) is 0 Å². The molecule has 1 saturated heterocycles. The lowest BCUT2D eigenvalue weighted by molar-refractivity contribution is -0.122. The van der Waals surface area contributed by atoms with Crippen molar-refractivity contribution < 1.29 is 9.00 Å². The van der Waals surface area contributed by atoms with Crippen molar-refractivity contribution in [2.45, 2.75) is 31.9 Å². The Balaban J connectivity index is 1.61. The lowest BCUT2D eigenvalue weighted by Gasteiger charge is -2.27. The van der Waals surface area contributed by atoms with Gasteiger partial charge in [0, 0.05) is 35.3 Å². The first kappa shape index (κ1) is 18.1. The quantitative estimate of drug-likeness (QED) is 0.764. The minimum absolute atomic E-state index is 0.0905. The zero-order valence-corrected chi connectivity index (χ0v) is 14.7. The van der Waals surface area contributed by atoms with Gasteiger partial charge in [0.05, 0.1) is 0 Å². The third-order valence-electron chi connectivity index (χ3n) is 4.52. The first-order chi connectivity index (χ1) is 11.1. The fourth-order valence-electron chi connectivity index (χ4n) is 3.08. The number of carbonyl (C=O) groups is 1. The minimum atomic E-state index is -0.927. The maximum absolute atomic E-state index is 12.0. The number of piperidine rings is 1. The molecule has 5 heteroatoms. The largest absolute Gasteiger partial charge is 0.355 e. The number of hydrogen-bond acceptors (Lipinski definition) is 3. The second-order valence-corrected chi connectivity index (χ2v) is 7.97. The molecule has 2 N–H and O–H groups in total. The highest BCUT2D eigenvalue weighted by Gasteiger charge is 2.21. The molecule has 1 aromatic carbocycles. The molecule has 2 rings (SSSR count). The van der Waals surface area contributed by atoms with Crippen molar-refractivity contribution in [3.05, 3.63) is 35.9 Å². The molecule has 0 bridgehead atoms. The smallest absolute Gasteiger partial charge is 0.220 e. The van der Waals surface area contributed by atoms with E-state index in [1.807, 2.05) is 30.3 Å². The van der Waals surface area contributed by atoms with Gasteiger partial charge in [-0.15, -0.1) is 0 Å². The van der Waals surface area contributed by atoms with Crippen molar-refractivity contribution >= 4 is 16.7 Å². The van der Waals surface area contributed by atoms with Crippen LogP contribution in [-0.4, -0.2) is 35.5 Å². The summed E-state index contributed by atoms with van der Waals surface area (Å²) < 4.78 is 12.0. The van der Waals surface area contributed by atoms with Gasteiger partial charge in [-0.2, -0.15) is 0 Å². The molecular formula is C18H28N2O2S. The van der Waals surface area contributed by atoms with Gasteiger partial charge in [-0.1, -0.05) is 37.3 Å². The Morgan fingerprint density at radius 3 is 2.70 bits per heavy atom. The van der Waals surface area contributed by atoms with Gasteiger partial charge in [0.25, 0.3) is 0 Å². The van der Waals surface area contributed by atoms with Gasteiger partial charge in [0.2, 0.25) is 5.91 Å². The molecule has 1 aliphatic heterocycles. The van der Waals surface area contributed by atoms with Crippen LogP contribution < -0.4 is 10.6 Å². The van der Waals surface area contributed by atoms with Crippen LogP contribution in [0.15, 0.2) is 30.3 Å². The Kier molecular flexibility index (Phi) is 7.76. The maximum Gasteiger partial charge on any atom is 0.220 e. The minimum Gasteiger partial charge on any atom is -0.355 e. The van der Waals surface area contributed by atoms with E-state index in [0.29, 0.717) is 36.3 Å². The number of carbonyl (C=O) groups excluding carboxylic acids is 1. The van der Waals surface area contributed by atoms with Crippen LogP contribution in [0.2, 0.25) is 0 Å². The summed E-state index contributed by atoms with van der Waals surface area (Å²) in [7, 11) is -0.927. The Morgan fingerprint density at radius 2 is 2.00 bits per heavy atom. The van der Waals surface area contributed by atoms with E-state index < -0.39 is 10.8 Å². The normalized spacial score (nSPS) is 18.3. The summed E-state index contributed by atoms with van der Waals surface area (Å²) in [5.41, 5.74) is 1.08. The number of hydrogen-bond donors (Lipinski definition) is 2. The molecule has 0 spiro atoms. The van der Waals surface area contributed by atoms with Crippen molar-refractivity contribution in [3.8, 4) is 0 Å². The predicted molar refractivity (Wildman–Crippen MR) is 95.5 cm³/mol. The highest BCUT2D eigenvalue weighted by Crippen LogP contribution is 2.24. The number of rotatable bonds is 8. The standard InChI is InChI=1S/C18H28N2O2S/c1-15(17-7-9-19-10-8-17)13-18(21)20-11-12-23(22)14-16-5-3-2-4-6-16/h2-6,15,17,19H,7-14H2,1H3,(H,20,21). The molecule has 2 atom stereocenters. The average Bonchev–Trinajstić information content (AvgIpc) is 2.56. The second kappa shape index (κ2) is 9.83. The lowest BCUT2D eigenvalue weighted by atomic mass is 9.84. The van der Waals surface area contributed by atoms with Gasteiger partial charge in [-0.3, -0.25) is 9.00 Å². The van der Waals surface area contributed by atoms with E-state index in [0.717, 1.165) is 31.5 Å². The molecule has 0 aliphatic carbocycles. The Bertz CT molecular complexity index is 501. The number of amides is 1. The van der Waals surface area contributed by atoms with Crippen molar-refractivity contribution in [1.29, 1.82) is 0 Å². The molecule has 23 heavy (non-hydrogen) atoms. The molecule has 1 fully saturated rings. The summed E-state index contributed by atoms with van der Waals surface area (Å²) in [4.78, 5) is 12.0. The van der Waals surface area contributed by atoms with Gasteiger partial charge >= 0.3 is 0 Å². The molecule has 0 aromatic heterocycles. The van der Waals surface area contributed by atoms with E-state index in [2.05, 4.69) is 17.6 Å². The van der Waals surface area contributed by atoms with E-state index >= 15 is 0 Å². The number of benzene rings is 1. The molecule has 0 saturated carbocycles. The van der Waals surface area contributed by atoms with Crippen LogP contribution >= 0.6 is 0 Å². The monoisotopic (exact) mass is 336 g/mol. The highest BCUT2D eigenvalue weighted by atomic mass is 32.2. The number of nitrogens with one attached hydrogen (secondary N) is 2. The fraction of sp³-hybridized carbons (Fsp3) is 0.611. The van der Waals surface area contributed by atoms with E-state index in [-0.39, 0.29) is 5.91 Å². The molecule has 0 radical (unpaired) electrons. The first-order valence-electron chi connectivity index (χ1n) is 8.51. The topological polar surface area (TPSA) is 58.2 Å². The second-order valence-electron chi connectivity index (χ2n) is 6.39. The molecule has 4 nitrogen and oxygen atoms in total. The molecule has 2 unspecified atom stereocenters. The molecule has 1 amide bonds. The molecular weight excluding hydrogens is 308 g/mol. The van der Waals surface area contributed by atoms with E-state index in [4.69, 9.17) is 0 Å². The molecule has 128 valence electrons. The first-order valence-corrected chi connectivity index (χ1v) is 10.0. The maximum atomic E-state index is 12.0. The average molecular weight is 337 g/mol. The van der Waals surface area contributed by atoms with Crippen LogP contribution in [0.5, 0.6) is 0 Å². The van der Waals surface area contributed by atoms with Gasteiger partial charge in [-0.25, -0.2) is 0 Å². The molecule has 1 aliphatic rings. The lowest BCUT2D eigenvalue weighted by Crippen LogP contribution is -2.34. The molecule has 1 aromatic rings. The summed E-state index contributed by atoms with van der Waals surface area (Å²) in [5.74, 6) is 2.23. The summed E-state index contributed by atoms with van der Waals surface area (Å²) in [6.45, 7) is 4.80. The Morgan fingerprint density at radius 1 is 1.30 bits per heavy atom. The van der Waals surface area contributed by atoms with Crippen molar-refractivity contribution in [3.63, 3.8) is 0 Å². The van der Waals surface area contributed by atoms with Crippen LogP contribution in [0.4, 0.5) is 0 Å². The van der Waals surface area contributed by atoms with Crippen molar-refractivity contribution in [2.75, 3.05) is 25.4 Å². The zero-order valence-electron chi connectivity index (χ0n) is 13.9. The fourth-order valence-corrected chi connectivity index (χ4v) is 4.12. The van der Waals surface area contributed by atoms with Gasteiger partial charge in [0.15, 0.2) is 0 Å². The SMILES string of the molecule is CC(CC(=O)NCCS(=O)Cc1ccccc1)C1CCNCC1. The third-order valence-corrected chi connectivity index (χ3v) is 5.83. The van der Waals surface area contributed by atoms with Crippen LogP contribution in [-0.2, 0) is 21.3 Å². The Hall–Kier alpha value is -1.20. The molecule has 1 heterocycles. The van der Waals surface area contributed by atoms with Crippen molar-refractivity contribution in [1.82, 2.24) is 10.6 Å². The van der Waals surface area contributed by atoms with Crippen LogP contribution in [0.3, 0.4) is 0 Å². The van der Waals surface area contributed by atoms with Crippen molar-refractivity contribution in [2.24, 2.45) is 11.8 Å². The van der Waals surface area contributed by atoms with Gasteiger partial charge in [-0.05, 0) is 43.3 Å². The van der Waals surface area contributed by atoms with Crippen LogP contribution in [0, 0.1) is 11.8 Å². The summed E-state index contributed by atoms with van der Waals surface area (Å²) >= 11 is 0. The van der Waals surface area contributed by atoms with Crippen LogP contribution in [0.1, 0.15) is 31.7 Å². The predicted octanol–water partition coefficient (Wildman–Crippen LogP) is 2.08. The van der Waals surface area contributed by atoms with E-state index in [1.165, 1.54) is 0 Å². The zero-order chi connectivity index (χ0) is 16.5. The summed E-state index contributed by atoms with van der Waals surface area (Å²) in [5, 5.41) is 6.28. The third kappa shape index (κ3) is 6.83. The van der Waals surface area contributed by atoms with Gasteiger partial charge < -0.3 is 10.6 Å². The van der Waals surface area contributed by atoms with Gasteiger partial charge in [0.1, 0.15) is 0 Å². The van der Waals surface area contributed by atoms with E-state index in [9.17, 15) is 9.00 Å². The Labute approximate surface area is 141 Å². The summed E-state index contributed by atoms with van der Waals surface area (Å²) in [6.07, 6.45) is 2.90. The summed E-state index contributed by atoms with van der Waals surface area (Å²) in [6, 6.07) is 9.83. The van der Waals surface area contributed by atoms with E-state index in [1.54, 1.807) is 0 Å².